The fourth-order valence-electron chi connectivity index (χ4n) is 4.02. The third kappa shape index (κ3) is 5.67. The molecule has 0 aliphatic heterocycles. The molecule has 10 heteroatoms. The van der Waals surface area contributed by atoms with Gasteiger partial charge in [0.1, 0.15) is 5.75 Å². The van der Waals surface area contributed by atoms with E-state index in [0.717, 1.165) is 21.3 Å². The van der Waals surface area contributed by atoms with Gasteiger partial charge in [0.25, 0.3) is 5.91 Å². The molecule has 1 atom stereocenters. The number of ether oxygens (including phenoxy) is 1. The van der Waals surface area contributed by atoms with Crippen LogP contribution in [0.15, 0.2) is 42.5 Å². The molecule has 0 saturated carbocycles. The van der Waals surface area contributed by atoms with Crippen molar-refractivity contribution in [3.05, 3.63) is 76.1 Å². The third-order valence-electron chi connectivity index (χ3n) is 5.62. The van der Waals surface area contributed by atoms with Crippen molar-refractivity contribution < 1.29 is 19.4 Å². The van der Waals surface area contributed by atoms with E-state index in [4.69, 9.17) is 16.4 Å². The van der Waals surface area contributed by atoms with Crippen molar-refractivity contribution in [3.8, 4) is 11.8 Å². The molecule has 4 rings (SSSR count). The number of aromatic nitrogens is 1. The fraction of sp³-hybridized carbons (Fsp3) is 0.222. The summed E-state index contributed by atoms with van der Waals surface area (Å²) in [6.07, 6.45) is 0. The van der Waals surface area contributed by atoms with Crippen LogP contribution in [0.4, 0.5) is 5.13 Å². The highest BCUT2D eigenvalue weighted by Crippen LogP contribution is 2.39. The van der Waals surface area contributed by atoms with Crippen LogP contribution in [0.1, 0.15) is 33.1 Å². The smallest absolute Gasteiger partial charge is 0.333 e. The van der Waals surface area contributed by atoms with Gasteiger partial charge in [0.2, 0.25) is 0 Å². The number of nitriles is 1. The maximum atomic E-state index is 13.6. The Morgan fingerprint density at radius 2 is 2.11 bits per heavy atom. The van der Waals surface area contributed by atoms with Crippen molar-refractivity contribution in [1.82, 2.24) is 4.98 Å². The Morgan fingerprint density at radius 3 is 2.84 bits per heavy atom. The molecule has 4 aromatic rings. The van der Waals surface area contributed by atoms with Gasteiger partial charge in [-0.15, -0.1) is 11.8 Å². The van der Waals surface area contributed by atoms with Gasteiger partial charge in [-0.1, -0.05) is 35.6 Å². The molecule has 1 aromatic heterocycles. The van der Waals surface area contributed by atoms with Crippen LogP contribution in [-0.4, -0.2) is 40.1 Å². The average Bonchev–Trinajstić information content (AvgIpc) is 3.26. The van der Waals surface area contributed by atoms with Gasteiger partial charge in [0.05, 0.1) is 33.7 Å². The Morgan fingerprint density at radius 1 is 1.30 bits per heavy atom. The van der Waals surface area contributed by atoms with E-state index in [1.54, 1.807) is 12.1 Å². The summed E-state index contributed by atoms with van der Waals surface area (Å²) in [4.78, 5) is 32.3. The molecule has 0 aliphatic rings. The monoisotopic (exact) mass is 530 g/mol. The molecule has 1 unspecified atom stereocenters. The molecule has 186 valence electrons. The lowest BCUT2D eigenvalue weighted by Gasteiger charge is -2.17. The van der Waals surface area contributed by atoms with Gasteiger partial charge in [0, 0.05) is 11.1 Å². The molecule has 0 aliphatic carbocycles. The number of aryl methyl sites for hydroxylation is 2. The molecule has 0 spiro atoms. The zero-order valence-corrected chi connectivity index (χ0v) is 21.7. The Bertz CT molecular complexity index is 1590. The van der Waals surface area contributed by atoms with Crippen molar-refractivity contribution in [3.63, 3.8) is 0 Å². The number of fused-ring (bicyclic) bond motifs is 2. The van der Waals surface area contributed by atoms with Gasteiger partial charge in [0.15, 0.2) is 11.2 Å². The second-order valence-corrected chi connectivity index (χ2v) is 10.4. The number of benzene rings is 3. The number of thiazole rings is 1. The molecule has 1 amide bonds. The van der Waals surface area contributed by atoms with Crippen LogP contribution in [0, 0.1) is 31.8 Å². The summed E-state index contributed by atoms with van der Waals surface area (Å²) in [7, 11) is 0. The van der Waals surface area contributed by atoms with Crippen LogP contribution in [0.5, 0.6) is 5.75 Å². The summed E-state index contributed by atoms with van der Waals surface area (Å²) >= 11 is 2.57. The van der Waals surface area contributed by atoms with Crippen molar-refractivity contribution in [2.75, 3.05) is 23.4 Å². The highest BCUT2D eigenvalue weighted by Gasteiger charge is 2.29. The lowest BCUT2D eigenvalue weighted by Crippen LogP contribution is -2.16. The lowest BCUT2D eigenvalue weighted by atomic mass is 9.91. The first-order chi connectivity index (χ1) is 17.8. The first-order valence-electron chi connectivity index (χ1n) is 11.3. The van der Waals surface area contributed by atoms with Crippen molar-refractivity contribution >= 4 is 61.1 Å². The molecular weight excluding hydrogens is 508 g/mol. The van der Waals surface area contributed by atoms with Crippen LogP contribution >= 0.6 is 23.1 Å². The highest BCUT2D eigenvalue weighted by atomic mass is 32.2. The van der Waals surface area contributed by atoms with Crippen molar-refractivity contribution in [2.24, 2.45) is 0 Å². The van der Waals surface area contributed by atoms with Gasteiger partial charge < -0.3 is 9.84 Å². The number of anilines is 1. The predicted octanol–water partition coefficient (Wildman–Crippen LogP) is 6.00. The molecule has 0 saturated heterocycles. The van der Waals surface area contributed by atoms with E-state index in [2.05, 4.69) is 15.1 Å². The molecular formula is C27H22N4O4S2. The zero-order valence-electron chi connectivity index (χ0n) is 20.1. The number of nitrogens with zero attached hydrogens (tertiary/aromatic N) is 3. The summed E-state index contributed by atoms with van der Waals surface area (Å²) in [6.45, 7) is 11.7. The molecule has 37 heavy (non-hydrogen) atoms. The van der Waals surface area contributed by atoms with E-state index < -0.39 is 17.9 Å². The minimum Gasteiger partial charge on any atom is -0.492 e. The first kappa shape index (κ1) is 26.0. The lowest BCUT2D eigenvalue weighted by molar-refractivity contribution is -0.133. The molecule has 1 heterocycles. The Balaban J connectivity index is 1.77. The van der Waals surface area contributed by atoms with Crippen molar-refractivity contribution in [2.45, 2.75) is 19.9 Å². The summed E-state index contributed by atoms with van der Waals surface area (Å²) in [5, 5.41) is 23.1. The minimum atomic E-state index is -1.19. The summed E-state index contributed by atoms with van der Waals surface area (Å²) in [5.74, 6) is -0.563. The van der Waals surface area contributed by atoms with E-state index in [0.29, 0.717) is 33.0 Å². The number of amides is 1. The Kier molecular flexibility index (Phi) is 7.92. The minimum absolute atomic E-state index is 0.0354. The average molecular weight is 531 g/mol. The fourth-order valence-corrected chi connectivity index (χ4v) is 5.50. The number of hydrogen-bond acceptors (Lipinski definition) is 7. The second-order valence-electron chi connectivity index (χ2n) is 8.23. The van der Waals surface area contributed by atoms with Gasteiger partial charge in [-0.05, 0) is 48.6 Å². The number of aliphatic carboxylic acids is 1. The Labute approximate surface area is 221 Å². The van der Waals surface area contributed by atoms with Gasteiger partial charge in [-0.25, -0.2) is 11.6 Å². The molecule has 0 bridgehead atoms. The molecule has 8 nitrogen and oxygen atoms in total. The molecule has 3 aromatic carbocycles. The van der Waals surface area contributed by atoms with Crippen LogP contribution in [0.2, 0.25) is 0 Å². The molecule has 2 N–H and O–H groups in total. The van der Waals surface area contributed by atoms with Gasteiger partial charge >= 0.3 is 12.0 Å². The maximum Gasteiger partial charge on any atom is 0.333 e. The van der Waals surface area contributed by atoms with Crippen LogP contribution in [-0.2, 0) is 4.79 Å². The van der Waals surface area contributed by atoms with Gasteiger partial charge in [-0.2, -0.15) is 5.26 Å². The van der Waals surface area contributed by atoms with E-state index in [1.165, 1.54) is 23.1 Å². The van der Waals surface area contributed by atoms with E-state index in [9.17, 15) is 14.9 Å². The van der Waals surface area contributed by atoms with Crippen LogP contribution in [0.3, 0.4) is 0 Å². The molecule has 0 fully saturated rings. The van der Waals surface area contributed by atoms with Gasteiger partial charge in [-0.3, -0.25) is 19.8 Å². The number of carboxylic acid groups (broad SMARTS) is 1. The number of hydrogen-bond donors (Lipinski definition) is 2. The largest absolute Gasteiger partial charge is 0.492 e. The standard InChI is InChI=1S/C27H22N4O4S2/c1-15-7-8-19-22(11-15)37-27(30-19)31-26(34)18-12-21(35-9-10-36-14-23(32)33)24-16(2)5-4-6-17(24)25(18)20(13-28)29-3/h4-8,11-12,20H,9-10,14H2,1-2H3,(H,32,33)(H,30,31,34). The normalized spacial score (nSPS) is 11.6. The third-order valence-corrected chi connectivity index (χ3v) is 7.46. The number of rotatable bonds is 9. The molecule has 0 radical (unpaired) electrons. The number of carbonyl (C=O) groups is 2. The first-order valence-corrected chi connectivity index (χ1v) is 13.2. The SMILES string of the molecule is [C-]#[N+]C(C#N)c1c(C(=O)Nc2nc3ccc(C)cc3s2)cc(OCCSCC(=O)O)c2c(C)cccc12. The zero-order chi connectivity index (χ0) is 26.5. The Hall–Kier alpha value is -4.12. The van der Waals surface area contributed by atoms with Crippen LogP contribution < -0.4 is 10.1 Å². The van der Waals surface area contributed by atoms with Crippen molar-refractivity contribution in [1.29, 1.82) is 5.26 Å². The summed E-state index contributed by atoms with van der Waals surface area (Å²) in [5.41, 5.74) is 3.18. The van der Waals surface area contributed by atoms with E-state index in [-0.39, 0.29) is 17.9 Å². The van der Waals surface area contributed by atoms with E-state index >= 15 is 0 Å². The van der Waals surface area contributed by atoms with E-state index in [1.807, 2.05) is 50.2 Å². The number of carboxylic acids is 1. The van der Waals surface area contributed by atoms with Crippen LogP contribution in [0.25, 0.3) is 25.8 Å². The quantitative estimate of drug-likeness (QED) is 0.201. The maximum absolute atomic E-state index is 13.6. The summed E-state index contributed by atoms with van der Waals surface area (Å²) in [6, 6.07) is 13.7. The summed E-state index contributed by atoms with van der Waals surface area (Å²) < 4.78 is 6.95. The highest BCUT2D eigenvalue weighted by molar-refractivity contribution is 7.99. The number of carbonyl (C=O) groups excluding carboxylic acids is 1. The predicted molar refractivity (Wildman–Crippen MR) is 146 cm³/mol. The topological polar surface area (TPSA) is 117 Å². The second kappa shape index (κ2) is 11.3. The number of nitrogens with one attached hydrogen (secondary N) is 1. The number of thioether (sulfide) groups is 1.